The van der Waals surface area contributed by atoms with Gasteiger partial charge < -0.3 is 14.9 Å². The van der Waals surface area contributed by atoms with Gasteiger partial charge in [-0.25, -0.2) is 4.79 Å². The average Bonchev–Trinajstić information content (AvgIpc) is 2.40. The second-order valence-corrected chi connectivity index (χ2v) is 4.23. The van der Waals surface area contributed by atoms with E-state index in [4.69, 9.17) is 9.84 Å². The lowest BCUT2D eigenvalue weighted by Gasteiger charge is -2.34. The smallest absolute Gasteiger partial charge is 0.337 e. The number of carboxylic acid groups (broad SMARTS) is 1. The zero-order valence-corrected chi connectivity index (χ0v) is 9.95. The van der Waals surface area contributed by atoms with Crippen LogP contribution in [0, 0.1) is 0 Å². The molecule has 1 fully saturated rings. The van der Waals surface area contributed by atoms with Crippen molar-refractivity contribution in [3.05, 3.63) is 29.6 Å². The normalized spacial score (nSPS) is 20.8. The first-order valence-electron chi connectivity index (χ1n) is 5.81. The van der Waals surface area contributed by atoms with Gasteiger partial charge in [0.25, 0.3) is 0 Å². The van der Waals surface area contributed by atoms with Crippen LogP contribution in [-0.2, 0) is 11.3 Å². The van der Waals surface area contributed by atoms with Crippen molar-refractivity contribution in [2.24, 2.45) is 0 Å². The molecule has 2 rings (SSSR count). The highest BCUT2D eigenvalue weighted by Gasteiger charge is 2.22. The van der Waals surface area contributed by atoms with Crippen molar-refractivity contribution in [1.29, 1.82) is 0 Å². The number of hydrogen-bond donors (Lipinski definition) is 2. The van der Waals surface area contributed by atoms with Gasteiger partial charge in [-0.15, -0.1) is 0 Å². The van der Waals surface area contributed by atoms with E-state index in [-0.39, 0.29) is 18.2 Å². The second-order valence-electron chi connectivity index (χ2n) is 4.23. The fraction of sp³-hybridized carbons (Fsp3) is 0.500. The first-order valence-corrected chi connectivity index (χ1v) is 5.81. The minimum atomic E-state index is -0.978. The highest BCUT2D eigenvalue weighted by molar-refractivity contribution is 5.87. The number of ether oxygens (including phenoxy) is 1. The third-order valence-electron chi connectivity index (χ3n) is 3.00. The molecule has 0 bridgehead atoms. The first kappa shape index (κ1) is 12.9. The van der Waals surface area contributed by atoms with Crippen LogP contribution < -0.4 is 0 Å². The topological polar surface area (TPSA) is 82.9 Å². The van der Waals surface area contributed by atoms with Gasteiger partial charge in [-0.2, -0.15) is 0 Å². The van der Waals surface area contributed by atoms with E-state index in [9.17, 15) is 9.90 Å². The van der Waals surface area contributed by atoms with Crippen LogP contribution in [0.25, 0.3) is 0 Å². The molecule has 98 valence electrons. The van der Waals surface area contributed by atoms with Crippen molar-refractivity contribution < 1.29 is 19.7 Å². The lowest BCUT2D eigenvalue weighted by molar-refractivity contribution is -0.0317. The number of aromatic nitrogens is 1. The largest absolute Gasteiger partial charge is 0.478 e. The third-order valence-corrected chi connectivity index (χ3v) is 3.00. The molecule has 0 amide bonds. The number of carboxylic acids is 1. The van der Waals surface area contributed by atoms with Crippen LogP contribution in [0.4, 0.5) is 0 Å². The van der Waals surface area contributed by atoms with Gasteiger partial charge in [-0.1, -0.05) is 0 Å². The Kier molecular flexibility index (Phi) is 4.24. The number of rotatable bonds is 4. The van der Waals surface area contributed by atoms with Crippen molar-refractivity contribution >= 4 is 5.97 Å². The molecule has 6 heteroatoms. The molecule has 0 saturated carbocycles. The molecule has 1 aliphatic heterocycles. The van der Waals surface area contributed by atoms with Crippen molar-refractivity contribution in [1.82, 2.24) is 9.88 Å². The average molecular weight is 252 g/mol. The van der Waals surface area contributed by atoms with Crippen molar-refractivity contribution in [3.63, 3.8) is 0 Å². The Balaban J connectivity index is 2.01. The van der Waals surface area contributed by atoms with Crippen LogP contribution in [0.5, 0.6) is 0 Å². The summed E-state index contributed by atoms with van der Waals surface area (Å²) in [5.41, 5.74) is 0.972. The SMILES string of the molecule is O=C(O)c1ccc(CN2CCOCC2CO)nc1. The summed E-state index contributed by atoms with van der Waals surface area (Å²) >= 11 is 0. The standard InChI is InChI=1S/C12H16N2O4/c15-7-11-8-18-4-3-14(11)6-10-2-1-9(5-13-10)12(16)17/h1-2,5,11,15H,3-4,6-8H2,(H,16,17). The molecule has 1 aromatic heterocycles. The van der Waals surface area contributed by atoms with E-state index in [2.05, 4.69) is 9.88 Å². The summed E-state index contributed by atoms with van der Waals surface area (Å²) in [6, 6.07) is 3.23. The quantitative estimate of drug-likeness (QED) is 0.783. The Hall–Kier alpha value is -1.50. The molecule has 6 nitrogen and oxygen atoms in total. The Morgan fingerprint density at radius 2 is 2.39 bits per heavy atom. The Morgan fingerprint density at radius 3 is 3.00 bits per heavy atom. The number of carbonyl (C=O) groups is 1. The van der Waals surface area contributed by atoms with E-state index in [1.165, 1.54) is 6.20 Å². The van der Waals surface area contributed by atoms with Crippen LogP contribution in [0.3, 0.4) is 0 Å². The van der Waals surface area contributed by atoms with Crippen LogP contribution >= 0.6 is 0 Å². The molecular weight excluding hydrogens is 236 g/mol. The highest BCUT2D eigenvalue weighted by atomic mass is 16.5. The van der Waals surface area contributed by atoms with Gasteiger partial charge in [0.05, 0.1) is 37.1 Å². The van der Waals surface area contributed by atoms with E-state index in [1.54, 1.807) is 12.1 Å². The maximum atomic E-state index is 10.7. The molecule has 2 heterocycles. The molecule has 1 unspecified atom stereocenters. The summed E-state index contributed by atoms with van der Waals surface area (Å²) < 4.78 is 5.29. The fourth-order valence-corrected chi connectivity index (χ4v) is 1.92. The first-order chi connectivity index (χ1) is 8.70. The summed E-state index contributed by atoms with van der Waals surface area (Å²) in [5.74, 6) is -0.978. The van der Waals surface area contributed by atoms with Gasteiger partial charge in [-0.05, 0) is 12.1 Å². The third kappa shape index (κ3) is 3.04. The number of morpholine rings is 1. The zero-order chi connectivity index (χ0) is 13.0. The molecule has 0 radical (unpaired) electrons. The van der Waals surface area contributed by atoms with Crippen LogP contribution in [0.2, 0.25) is 0 Å². The molecule has 1 aromatic rings. The maximum Gasteiger partial charge on any atom is 0.337 e. The predicted molar refractivity (Wildman–Crippen MR) is 63.3 cm³/mol. The molecule has 0 aromatic carbocycles. The number of aliphatic hydroxyl groups excluding tert-OH is 1. The summed E-state index contributed by atoms with van der Waals surface area (Å²) in [5, 5.41) is 18.0. The van der Waals surface area contributed by atoms with E-state index >= 15 is 0 Å². The zero-order valence-electron chi connectivity index (χ0n) is 9.95. The number of hydrogen-bond acceptors (Lipinski definition) is 5. The second kappa shape index (κ2) is 5.90. The highest BCUT2D eigenvalue weighted by Crippen LogP contribution is 2.11. The molecule has 1 aliphatic rings. The number of aromatic carboxylic acids is 1. The molecule has 0 spiro atoms. The van der Waals surface area contributed by atoms with Crippen molar-refractivity contribution in [2.75, 3.05) is 26.4 Å². The van der Waals surface area contributed by atoms with Crippen molar-refractivity contribution in [2.45, 2.75) is 12.6 Å². The fourth-order valence-electron chi connectivity index (χ4n) is 1.92. The van der Waals surface area contributed by atoms with Crippen LogP contribution in [0.1, 0.15) is 16.1 Å². The van der Waals surface area contributed by atoms with E-state index in [0.717, 1.165) is 12.2 Å². The predicted octanol–water partition coefficient (Wildman–Crippen LogP) is -0.0271. The van der Waals surface area contributed by atoms with Crippen molar-refractivity contribution in [3.8, 4) is 0 Å². The van der Waals surface area contributed by atoms with Gasteiger partial charge >= 0.3 is 5.97 Å². The lowest BCUT2D eigenvalue weighted by Crippen LogP contribution is -2.46. The lowest BCUT2D eigenvalue weighted by atomic mass is 10.2. The van der Waals surface area contributed by atoms with E-state index < -0.39 is 5.97 Å². The van der Waals surface area contributed by atoms with E-state index in [0.29, 0.717) is 19.8 Å². The molecule has 2 N–H and O–H groups in total. The number of aliphatic hydroxyl groups is 1. The summed E-state index contributed by atoms with van der Waals surface area (Å²) in [6.07, 6.45) is 1.35. The summed E-state index contributed by atoms with van der Waals surface area (Å²) in [7, 11) is 0. The molecular formula is C12H16N2O4. The minimum absolute atomic E-state index is 0.0142. The minimum Gasteiger partial charge on any atom is -0.478 e. The summed E-state index contributed by atoms with van der Waals surface area (Å²) in [4.78, 5) is 16.9. The van der Waals surface area contributed by atoms with Gasteiger partial charge in [-0.3, -0.25) is 9.88 Å². The monoisotopic (exact) mass is 252 g/mol. The maximum absolute atomic E-state index is 10.7. The Morgan fingerprint density at radius 1 is 1.56 bits per heavy atom. The van der Waals surface area contributed by atoms with Gasteiger partial charge in [0.15, 0.2) is 0 Å². The summed E-state index contributed by atoms with van der Waals surface area (Å²) in [6.45, 7) is 2.54. The van der Waals surface area contributed by atoms with Gasteiger partial charge in [0.2, 0.25) is 0 Å². The van der Waals surface area contributed by atoms with E-state index in [1.807, 2.05) is 0 Å². The van der Waals surface area contributed by atoms with Crippen LogP contribution in [0.15, 0.2) is 18.3 Å². The Bertz CT molecular complexity index is 407. The number of nitrogens with zero attached hydrogens (tertiary/aromatic N) is 2. The van der Waals surface area contributed by atoms with Gasteiger partial charge in [0, 0.05) is 19.3 Å². The Labute approximate surface area is 105 Å². The molecule has 1 saturated heterocycles. The molecule has 18 heavy (non-hydrogen) atoms. The molecule has 1 atom stereocenters. The molecule has 0 aliphatic carbocycles. The number of pyridine rings is 1. The van der Waals surface area contributed by atoms with Crippen LogP contribution in [-0.4, -0.2) is 58.5 Å². The van der Waals surface area contributed by atoms with Gasteiger partial charge in [0.1, 0.15) is 0 Å².